The summed E-state index contributed by atoms with van der Waals surface area (Å²) in [7, 11) is -4.06. The number of hydrogen-bond acceptors (Lipinski definition) is 4. The maximum atomic E-state index is 13.3. The van der Waals surface area contributed by atoms with Crippen LogP contribution >= 0.6 is 12.4 Å². The van der Waals surface area contributed by atoms with Crippen molar-refractivity contribution in [2.45, 2.75) is 17.7 Å². The Morgan fingerprint density at radius 2 is 1.71 bits per heavy atom. The van der Waals surface area contributed by atoms with Crippen molar-refractivity contribution in [3.8, 4) is 0 Å². The third-order valence-electron chi connectivity index (χ3n) is 4.27. The first-order valence-corrected chi connectivity index (χ1v) is 9.93. The summed E-state index contributed by atoms with van der Waals surface area (Å²) >= 11 is 0. The maximum absolute atomic E-state index is 13.3. The van der Waals surface area contributed by atoms with Crippen LogP contribution in [0, 0.1) is 17.6 Å². The number of nitrogens with one attached hydrogen (secondary N) is 3. The van der Waals surface area contributed by atoms with Crippen molar-refractivity contribution in [1.29, 1.82) is 0 Å². The summed E-state index contributed by atoms with van der Waals surface area (Å²) in [6.45, 7) is 1.55. The standard InChI is InChI=1S/C18H19F2N3O3S.ClH/c19-16-8-7-15(10-17(16)20)27(25,26)23-14-5-3-13(4-6-14)22-18(24)12-2-1-9-21-11-12;/h3-8,10,12,21,23H,1-2,9,11H2,(H,22,24);1H. The molecule has 1 aliphatic rings. The fourth-order valence-electron chi connectivity index (χ4n) is 2.80. The van der Waals surface area contributed by atoms with Crippen molar-refractivity contribution in [3.63, 3.8) is 0 Å². The van der Waals surface area contributed by atoms with Crippen LogP contribution in [0.1, 0.15) is 12.8 Å². The normalized spacial score (nSPS) is 16.7. The molecule has 1 atom stereocenters. The number of piperidine rings is 1. The molecule has 0 spiro atoms. The van der Waals surface area contributed by atoms with E-state index in [1.165, 1.54) is 12.1 Å². The van der Waals surface area contributed by atoms with Crippen LogP contribution in [0.15, 0.2) is 47.4 Å². The van der Waals surface area contributed by atoms with Crippen LogP contribution in [0.2, 0.25) is 0 Å². The molecule has 2 aromatic rings. The van der Waals surface area contributed by atoms with Gasteiger partial charge in [-0.25, -0.2) is 17.2 Å². The molecule has 3 rings (SSSR count). The van der Waals surface area contributed by atoms with Gasteiger partial charge in [-0.2, -0.15) is 0 Å². The zero-order valence-corrected chi connectivity index (χ0v) is 16.4. The number of rotatable bonds is 5. The zero-order valence-electron chi connectivity index (χ0n) is 14.7. The quantitative estimate of drug-likeness (QED) is 0.678. The molecule has 1 amide bonds. The molecule has 152 valence electrons. The van der Waals surface area contributed by atoms with Gasteiger partial charge >= 0.3 is 0 Å². The van der Waals surface area contributed by atoms with Crippen LogP contribution in [-0.2, 0) is 14.8 Å². The lowest BCUT2D eigenvalue weighted by Gasteiger charge is -2.21. The smallest absolute Gasteiger partial charge is 0.261 e. The topological polar surface area (TPSA) is 87.3 Å². The third-order valence-corrected chi connectivity index (χ3v) is 5.65. The minimum atomic E-state index is -4.06. The van der Waals surface area contributed by atoms with E-state index in [2.05, 4.69) is 15.4 Å². The monoisotopic (exact) mass is 431 g/mol. The van der Waals surface area contributed by atoms with Crippen LogP contribution in [0.4, 0.5) is 20.2 Å². The molecule has 28 heavy (non-hydrogen) atoms. The van der Waals surface area contributed by atoms with E-state index in [1.54, 1.807) is 12.1 Å². The number of carbonyl (C=O) groups is 1. The molecule has 0 aromatic heterocycles. The van der Waals surface area contributed by atoms with Gasteiger partial charge in [0, 0.05) is 17.9 Å². The Kier molecular flexibility index (Phi) is 7.34. The third kappa shape index (κ3) is 5.40. The van der Waals surface area contributed by atoms with Gasteiger partial charge < -0.3 is 10.6 Å². The van der Waals surface area contributed by atoms with E-state index in [9.17, 15) is 22.0 Å². The minimum absolute atomic E-state index is 0. The van der Waals surface area contributed by atoms with Crippen molar-refractivity contribution >= 4 is 39.7 Å². The van der Waals surface area contributed by atoms with Crippen LogP contribution in [0.5, 0.6) is 0 Å². The van der Waals surface area contributed by atoms with Gasteiger partial charge in [0.05, 0.1) is 10.8 Å². The Bertz CT molecular complexity index is 934. The Morgan fingerprint density at radius 3 is 2.32 bits per heavy atom. The first-order chi connectivity index (χ1) is 12.8. The number of hydrogen-bond donors (Lipinski definition) is 3. The van der Waals surface area contributed by atoms with Gasteiger partial charge in [-0.05, 0) is 61.9 Å². The van der Waals surface area contributed by atoms with Crippen molar-refractivity contribution < 1.29 is 22.0 Å². The summed E-state index contributed by atoms with van der Waals surface area (Å²) in [6, 6.07) is 8.44. The molecule has 2 aromatic carbocycles. The van der Waals surface area contributed by atoms with Crippen LogP contribution < -0.4 is 15.4 Å². The number of sulfonamides is 1. The predicted octanol–water partition coefficient (Wildman–Crippen LogP) is 3.13. The number of carbonyl (C=O) groups excluding carboxylic acids is 1. The fourth-order valence-corrected chi connectivity index (χ4v) is 3.87. The summed E-state index contributed by atoms with van der Waals surface area (Å²) in [5, 5.41) is 5.97. The van der Waals surface area contributed by atoms with Gasteiger partial charge in [0.1, 0.15) is 0 Å². The second kappa shape index (κ2) is 9.31. The van der Waals surface area contributed by atoms with Gasteiger partial charge in [-0.3, -0.25) is 9.52 Å². The Balaban J connectivity index is 0.00000280. The highest BCUT2D eigenvalue weighted by molar-refractivity contribution is 7.92. The van der Waals surface area contributed by atoms with E-state index in [0.717, 1.165) is 31.5 Å². The lowest BCUT2D eigenvalue weighted by atomic mass is 9.99. The van der Waals surface area contributed by atoms with Crippen molar-refractivity contribution in [1.82, 2.24) is 5.32 Å². The minimum Gasteiger partial charge on any atom is -0.326 e. The van der Waals surface area contributed by atoms with E-state index < -0.39 is 21.7 Å². The van der Waals surface area contributed by atoms with Gasteiger partial charge in [0.2, 0.25) is 5.91 Å². The predicted molar refractivity (Wildman–Crippen MR) is 105 cm³/mol. The molecule has 3 N–H and O–H groups in total. The first kappa shape index (κ1) is 22.1. The maximum Gasteiger partial charge on any atom is 0.261 e. The first-order valence-electron chi connectivity index (χ1n) is 8.45. The van der Waals surface area contributed by atoms with E-state index in [0.29, 0.717) is 18.3 Å². The van der Waals surface area contributed by atoms with E-state index in [4.69, 9.17) is 0 Å². The van der Waals surface area contributed by atoms with Crippen molar-refractivity contribution in [3.05, 3.63) is 54.1 Å². The molecule has 0 aliphatic carbocycles. The molecule has 0 radical (unpaired) electrons. The summed E-state index contributed by atoms with van der Waals surface area (Å²) in [6.07, 6.45) is 1.77. The SMILES string of the molecule is Cl.O=C(Nc1ccc(NS(=O)(=O)c2ccc(F)c(F)c2)cc1)C1CCCNC1. The molecule has 6 nitrogen and oxygen atoms in total. The molecule has 0 bridgehead atoms. The van der Waals surface area contributed by atoms with Crippen LogP contribution in [0.25, 0.3) is 0 Å². The highest BCUT2D eigenvalue weighted by atomic mass is 35.5. The number of amides is 1. The van der Waals surface area contributed by atoms with E-state index in [1.807, 2.05) is 0 Å². The fraction of sp³-hybridized carbons (Fsp3) is 0.278. The molecular weight excluding hydrogens is 412 g/mol. The van der Waals surface area contributed by atoms with Crippen LogP contribution in [0.3, 0.4) is 0 Å². The van der Waals surface area contributed by atoms with E-state index >= 15 is 0 Å². The van der Waals surface area contributed by atoms with Crippen molar-refractivity contribution in [2.75, 3.05) is 23.1 Å². The molecule has 1 saturated heterocycles. The lowest BCUT2D eigenvalue weighted by molar-refractivity contribution is -0.120. The second-order valence-corrected chi connectivity index (χ2v) is 7.97. The largest absolute Gasteiger partial charge is 0.326 e. The number of halogens is 3. The van der Waals surface area contributed by atoms with Gasteiger partial charge in [0.25, 0.3) is 10.0 Å². The Hall–Kier alpha value is -2.23. The highest BCUT2D eigenvalue weighted by Gasteiger charge is 2.21. The zero-order chi connectivity index (χ0) is 19.4. The molecule has 1 unspecified atom stereocenters. The summed E-state index contributed by atoms with van der Waals surface area (Å²) in [5.41, 5.74) is 0.776. The molecule has 1 fully saturated rings. The average Bonchev–Trinajstić information content (AvgIpc) is 2.66. The highest BCUT2D eigenvalue weighted by Crippen LogP contribution is 2.21. The molecule has 1 heterocycles. The van der Waals surface area contributed by atoms with Gasteiger partial charge in [0.15, 0.2) is 11.6 Å². The number of benzene rings is 2. The molecule has 0 saturated carbocycles. The molecule has 1 aliphatic heterocycles. The lowest BCUT2D eigenvalue weighted by Crippen LogP contribution is -2.37. The second-order valence-electron chi connectivity index (χ2n) is 6.29. The van der Waals surface area contributed by atoms with Crippen LogP contribution in [-0.4, -0.2) is 27.4 Å². The molecular formula is C18H20ClF2N3O3S. The summed E-state index contributed by atoms with van der Waals surface area (Å²) < 4.78 is 53.0. The Morgan fingerprint density at radius 1 is 1.04 bits per heavy atom. The van der Waals surface area contributed by atoms with E-state index in [-0.39, 0.29) is 34.8 Å². The van der Waals surface area contributed by atoms with Gasteiger partial charge in [-0.1, -0.05) is 0 Å². The number of anilines is 2. The summed E-state index contributed by atoms with van der Waals surface area (Å²) in [4.78, 5) is 11.8. The van der Waals surface area contributed by atoms with Gasteiger partial charge in [-0.15, -0.1) is 12.4 Å². The Labute approximate surface area is 168 Å². The summed E-state index contributed by atoms with van der Waals surface area (Å²) in [5.74, 6) is -2.54. The average molecular weight is 432 g/mol. The van der Waals surface area contributed by atoms with Crippen molar-refractivity contribution in [2.24, 2.45) is 5.92 Å². The molecule has 10 heteroatoms.